The minimum absolute atomic E-state index is 0.0150. The molecule has 5 heteroatoms. The maximum Gasteiger partial charge on any atom is 0.291 e. The summed E-state index contributed by atoms with van der Waals surface area (Å²) in [7, 11) is 0. The smallest absolute Gasteiger partial charge is 0.291 e. The molecule has 1 amide bonds. The molecule has 0 spiro atoms. The van der Waals surface area contributed by atoms with E-state index in [4.69, 9.17) is 4.42 Å². The highest BCUT2D eigenvalue weighted by molar-refractivity contribution is 5.91. The maximum absolute atomic E-state index is 12.6. The summed E-state index contributed by atoms with van der Waals surface area (Å²) in [6.45, 7) is 3.78. The third-order valence-electron chi connectivity index (χ3n) is 4.94. The van der Waals surface area contributed by atoms with Gasteiger partial charge in [-0.05, 0) is 24.3 Å². The van der Waals surface area contributed by atoms with Crippen molar-refractivity contribution in [3.05, 3.63) is 54.2 Å². The van der Waals surface area contributed by atoms with Crippen molar-refractivity contribution in [1.29, 1.82) is 0 Å². The zero-order chi connectivity index (χ0) is 15.6. The first kappa shape index (κ1) is 14.5. The molecule has 0 saturated carbocycles. The van der Waals surface area contributed by atoms with Crippen molar-refractivity contribution >= 4 is 5.91 Å². The van der Waals surface area contributed by atoms with Crippen LogP contribution in [0.3, 0.4) is 0 Å². The number of hydrogen-bond acceptors (Lipinski definition) is 4. The lowest BCUT2D eigenvalue weighted by atomic mass is 9.95. The Morgan fingerprint density at radius 3 is 2.83 bits per heavy atom. The fourth-order valence-electron chi connectivity index (χ4n) is 3.86. The molecule has 0 aliphatic carbocycles. The Bertz CT molecular complexity index is 656. The molecule has 3 aliphatic rings. The summed E-state index contributed by atoms with van der Waals surface area (Å²) in [4.78, 5) is 21.0. The molecule has 4 heterocycles. The van der Waals surface area contributed by atoms with E-state index in [2.05, 4.69) is 34.1 Å². The molecule has 3 fully saturated rings. The average Bonchev–Trinajstić information content (AvgIpc) is 2.98. The second kappa shape index (κ2) is 6.16. The fraction of sp³-hybridized carbons (Fsp3) is 0.444. The molecule has 120 valence electrons. The predicted octanol–water partition coefficient (Wildman–Crippen LogP) is 2.41. The number of benzene rings is 1. The molecule has 2 atom stereocenters. The van der Waals surface area contributed by atoms with Gasteiger partial charge in [0.15, 0.2) is 6.39 Å². The first-order valence-electron chi connectivity index (χ1n) is 8.25. The largest absolute Gasteiger partial charge is 0.438 e. The summed E-state index contributed by atoms with van der Waals surface area (Å²) in [5.41, 5.74) is 1.34. The van der Waals surface area contributed by atoms with E-state index < -0.39 is 0 Å². The minimum atomic E-state index is -0.0150. The molecule has 1 aromatic carbocycles. The van der Waals surface area contributed by atoms with Crippen LogP contribution in [0.2, 0.25) is 0 Å². The van der Waals surface area contributed by atoms with E-state index in [-0.39, 0.29) is 11.9 Å². The topological polar surface area (TPSA) is 49.6 Å². The number of carbonyl (C=O) groups is 1. The van der Waals surface area contributed by atoms with Crippen LogP contribution in [0.25, 0.3) is 0 Å². The van der Waals surface area contributed by atoms with E-state index >= 15 is 0 Å². The minimum Gasteiger partial charge on any atom is -0.438 e. The van der Waals surface area contributed by atoms with Gasteiger partial charge in [-0.25, -0.2) is 4.98 Å². The van der Waals surface area contributed by atoms with Crippen LogP contribution in [-0.2, 0) is 6.54 Å². The Labute approximate surface area is 135 Å². The second-order valence-corrected chi connectivity index (χ2v) is 6.60. The van der Waals surface area contributed by atoms with Gasteiger partial charge in [0.1, 0.15) is 0 Å². The van der Waals surface area contributed by atoms with Gasteiger partial charge < -0.3 is 9.32 Å². The number of aromatic nitrogens is 1. The first-order chi connectivity index (χ1) is 11.3. The number of fused-ring (bicyclic) bond motifs is 4. The van der Waals surface area contributed by atoms with Crippen molar-refractivity contribution < 1.29 is 9.21 Å². The molecule has 3 saturated heterocycles. The monoisotopic (exact) mass is 311 g/mol. The highest BCUT2D eigenvalue weighted by Gasteiger charge is 2.38. The van der Waals surface area contributed by atoms with Crippen molar-refractivity contribution in [2.45, 2.75) is 25.4 Å². The molecule has 3 aliphatic heterocycles. The quantitative estimate of drug-likeness (QED) is 0.873. The van der Waals surface area contributed by atoms with Gasteiger partial charge in [0.25, 0.3) is 5.91 Å². The van der Waals surface area contributed by atoms with E-state index in [9.17, 15) is 4.79 Å². The van der Waals surface area contributed by atoms with Crippen LogP contribution in [0.5, 0.6) is 0 Å². The van der Waals surface area contributed by atoms with Crippen LogP contribution in [0, 0.1) is 5.92 Å². The normalized spacial score (nSPS) is 24.6. The van der Waals surface area contributed by atoms with Crippen molar-refractivity contribution in [1.82, 2.24) is 14.8 Å². The third kappa shape index (κ3) is 3.01. The van der Waals surface area contributed by atoms with E-state index in [0.717, 1.165) is 32.6 Å². The van der Waals surface area contributed by atoms with Crippen molar-refractivity contribution in [2.24, 2.45) is 5.92 Å². The van der Waals surface area contributed by atoms with Gasteiger partial charge in [-0.15, -0.1) is 0 Å². The summed E-state index contributed by atoms with van der Waals surface area (Å²) < 4.78 is 5.20. The van der Waals surface area contributed by atoms with Crippen LogP contribution in [-0.4, -0.2) is 46.4 Å². The molecule has 2 aromatic rings. The Balaban J connectivity index is 1.49. The molecule has 23 heavy (non-hydrogen) atoms. The Kier molecular flexibility index (Phi) is 3.87. The number of amides is 1. The number of hydrogen-bond donors (Lipinski definition) is 0. The lowest BCUT2D eigenvalue weighted by molar-refractivity contribution is 0.0552. The summed E-state index contributed by atoms with van der Waals surface area (Å²) in [6, 6.07) is 10.8. The second-order valence-electron chi connectivity index (χ2n) is 6.60. The first-order valence-corrected chi connectivity index (χ1v) is 8.25. The Hall–Kier alpha value is -2.14. The van der Waals surface area contributed by atoms with Gasteiger partial charge in [-0.2, -0.15) is 0 Å². The number of carbonyl (C=O) groups excluding carboxylic acids is 1. The zero-order valence-corrected chi connectivity index (χ0v) is 13.1. The number of oxazole rings is 1. The van der Waals surface area contributed by atoms with Gasteiger partial charge >= 0.3 is 0 Å². The number of rotatable bonds is 3. The summed E-state index contributed by atoms with van der Waals surface area (Å²) in [6.07, 6.45) is 5.12. The van der Waals surface area contributed by atoms with Gasteiger partial charge in [0.2, 0.25) is 5.76 Å². The average molecular weight is 311 g/mol. The molecule has 2 bridgehead atoms. The summed E-state index contributed by atoms with van der Waals surface area (Å²) >= 11 is 0. The van der Waals surface area contributed by atoms with Gasteiger partial charge in [0, 0.05) is 32.2 Å². The van der Waals surface area contributed by atoms with E-state index in [1.54, 1.807) is 0 Å². The van der Waals surface area contributed by atoms with Crippen LogP contribution in [0.4, 0.5) is 0 Å². The number of nitrogens with zero attached hydrogens (tertiary/aromatic N) is 3. The van der Waals surface area contributed by atoms with Gasteiger partial charge in [-0.1, -0.05) is 30.3 Å². The molecular weight excluding hydrogens is 290 g/mol. The van der Waals surface area contributed by atoms with Crippen molar-refractivity contribution in [3.8, 4) is 0 Å². The molecule has 1 aromatic heterocycles. The van der Waals surface area contributed by atoms with Crippen LogP contribution in [0.15, 0.2) is 47.3 Å². The SMILES string of the molecule is O=C(c1cnco1)N1C[C@@H]2CC[C@H]1CN(Cc1ccccc1)C2. The van der Waals surface area contributed by atoms with Crippen LogP contribution >= 0.6 is 0 Å². The third-order valence-corrected chi connectivity index (χ3v) is 4.94. The highest BCUT2D eigenvalue weighted by atomic mass is 16.3. The standard InChI is InChI=1S/C18H21N3O2/c22-18(17-8-19-13-23-17)21-11-15-6-7-16(21)12-20(10-15)9-14-4-2-1-3-5-14/h1-5,8,13,15-16H,6-7,9-12H2/t15-,16+/m1/s1. The highest BCUT2D eigenvalue weighted by Crippen LogP contribution is 2.29. The zero-order valence-electron chi connectivity index (χ0n) is 13.1. The van der Waals surface area contributed by atoms with Crippen LogP contribution in [0.1, 0.15) is 29.0 Å². The molecule has 0 radical (unpaired) electrons. The Morgan fingerprint density at radius 1 is 1.17 bits per heavy atom. The maximum atomic E-state index is 12.6. The predicted molar refractivity (Wildman–Crippen MR) is 85.8 cm³/mol. The Morgan fingerprint density at radius 2 is 2.04 bits per heavy atom. The van der Waals surface area contributed by atoms with Gasteiger partial charge in [-0.3, -0.25) is 9.69 Å². The lowest BCUT2D eigenvalue weighted by Gasteiger charge is -2.35. The number of piperidine rings is 1. The molecule has 0 N–H and O–H groups in total. The summed E-state index contributed by atoms with van der Waals surface area (Å²) in [5, 5.41) is 0. The van der Waals surface area contributed by atoms with Crippen molar-refractivity contribution in [2.75, 3.05) is 19.6 Å². The van der Waals surface area contributed by atoms with E-state index in [1.807, 2.05) is 11.0 Å². The van der Waals surface area contributed by atoms with E-state index in [1.165, 1.54) is 24.6 Å². The van der Waals surface area contributed by atoms with Crippen molar-refractivity contribution in [3.63, 3.8) is 0 Å². The summed E-state index contributed by atoms with van der Waals surface area (Å²) in [5.74, 6) is 0.884. The van der Waals surface area contributed by atoms with Gasteiger partial charge in [0.05, 0.1) is 6.20 Å². The molecule has 5 rings (SSSR count). The van der Waals surface area contributed by atoms with Crippen LogP contribution < -0.4 is 0 Å². The molecule has 0 unspecified atom stereocenters. The fourth-order valence-corrected chi connectivity index (χ4v) is 3.86. The molecule has 5 nitrogen and oxygen atoms in total. The molecular formula is C18H21N3O2. The van der Waals surface area contributed by atoms with E-state index in [0.29, 0.717) is 11.7 Å². The lowest BCUT2D eigenvalue weighted by Crippen LogP contribution is -2.47.